The van der Waals surface area contributed by atoms with Crippen LogP contribution in [0.1, 0.15) is 61.9 Å². The van der Waals surface area contributed by atoms with Gasteiger partial charge in [0, 0.05) is 23.8 Å². The molecular formula is C21H30N2O. The van der Waals surface area contributed by atoms with Crippen LogP contribution >= 0.6 is 0 Å². The van der Waals surface area contributed by atoms with Crippen molar-refractivity contribution in [1.82, 2.24) is 5.32 Å². The molecule has 2 bridgehead atoms. The Labute approximate surface area is 145 Å². The molecule has 0 radical (unpaired) electrons. The van der Waals surface area contributed by atoms with Gasteiger partial charge in [-0.15, -0.1) is 0 Å². The SMILES string of the molecule is CCC(NC(C)C1CC2CCC1C2)C(=O)c1ccc2c(c1)CCN2. The van der Waals surface area contributed by atoms with Gasteiger partial charge in [0.25, 0.3) is 0 Å². The van der Waals surface area contributed by atoms with Gasteiger partial charge in [-0.1, -0.05) is 13.3 Å². The molecule has 2 aliphatic carbocycles. The Morgan fingerprint density at radius 3 is 2.92 bits per heavy atom. The summed E-state index contributed by atoms with van der Waals surface area (Å²) in [5.41, 5.74) is 3.36. The van der Waals surface area contributed by atoms with Gasteiger partial charge in [-0.25, -0.2) is 0 Å². The number of hydrogen-bond acceptors (Lipinski definition) is 3. The Morgan fingerprint density at radius 1 is 1.33 bits per heavy atom. The number of rotatable bonds is 6. The molecule has 1 aromatic rings. The maximum Gasteiger partial charge on any atom is 0.179 e. The van der Waals surface area contributed by atoms with E-state index in [-0.39, 0.29) is 11.8 Å². The van der Waals surface area contributed by atoms with Gasteiger partial charge in [0.15, 0.2) is 5.78 Å². The van der Waals surface area contributed by atoms with Crippen LogP contribution in [0.2, 0.25) is 0 Å². The van der Waals surface area contributed by atoms with E-state index in [1.54, 1.807) is 0 Å². The molecule has 3 heteroatoms. The molecule has 1 heterocycles. The highest BCUT2D eigenvalue weighted by Gasteiger charge is 2.42. The van der Waals surface area contributed by atoms with Crippen molar-refractivity contribution in [2.45, 2.75) is 64.5 Å². The monoisotopic (exact) mass is 326 g/mol. The van der Waals surface area contributed by atoms with Crippen molar-refractivity contribution >= 4 is 11.5 Å². The fourth-order valence-corrected chi connectivity index (χ4v) is 5.39. The van der Waals surface area contributed by atoms with Crippen LogP contribution in [0, 0.1) is 17.8 Å². The summed E-state index contributed by atoms with van der Waals surface area (Å²) >= 11 is 0. The number of ketones is 1. The van der Waals surface area contributed by atoms with Crippen molar-refractivity contribution in [2.24, 2.45) is 17.8 Å². The number of hydrogen-bond donors (Lipinski definition) is 2. The van der Waals surface area contributed by atoms with Crippen molar-refractivity contribution in [3.63, 3.8) is 0 Å². The van der Waals surface area contributed by atoms with Gasteiger partial charge < -0.3 is 10.6 Å². The van der Waals surface area contributed by atoms with E-state index in [2.05, 4.69) is 36.6 Å². The average molecular weight is 326 g/mol. The summed E-state index contributed by atoms with van der Waals surface area (Å²) < 4.78 is 0. The van der Waals surface area contributed by atoms with E-state index in [4.69, 9.17) is 0 Å². The van der Waals surface area contributed by atoms with Crippen LogP contribution in [-0.4, -0.2) is 24.4 Å². The van der Waals surface area contributed by atoms with Gasteiger partial charge in [0.2, 0.25) is 0 Å². The van der Waals surface area contributed by atoms with E-state index in [9.17, 15) is 4.79 Å². The first-order chi connectivity index (χ1) is 11.7. The highest BCUT2D eigenvalue weighted by atomic mass is 16.1. The molecule has 24 heavy (non-hydrogen) atoms. The lowest BCUT2D eigenvalue weighted by Crippen LogP contribution is -2.46. The standard InChI is InChI=1S/C21H30N2O/c1-3-19(23-13(2)18-11-14-4-5-15(18)10-14)21(24)17-6-7-20-16(12-17)8-9-22-20/h6-7,12-15,18-19,22-23H,3-5,8-11H2,1-2H3. The maximum atomic E-state index is 13.0. The van der Waals surface area contributed by atoms with Gasteiger partial charge in [0.05, 0.1) is 6.04 Å². The van der Waals surface area contributed by atoms with Crippen LogP contribution in [0.15, 0.2) is 18.2 Å². The van der Waals surface area contributed by atoms with E-state index < -0.39 is 0 Å². The van der Waals surface area contributed by atoms with E-state index in [1.165, 1.54) is 36.9 Å². The summed E-state index contributed by atoms with van der Waals surface area (Å²) in [7, 11) is 0. The second kappa shape index (κ2) is 6.51. The first kappa shape index (κ1) is 16.1. The number of anilines is 1. The molecule has 3 aliphatic rings. The Balaban J connectivity index is 1.44. The molecule has 3 nitrogen and oxygen atoms in total. The highest BCUT2D eigenvalue weighted by Crippen LogP contribution is 2.49. The molecule has 2 saturated carbocycles. The first-order valence-electron chi connectivity index (χ1n) is 9.82. The Hall–Kier alpha value is -1.35. The summed E-state index contributed by atoms with van der Waals surface area (Å²) in [6, 6.07) is 6.56. The average Bonchev–Trinajstić information content (AvgIpc) is 3.33. The molecular weight excluding hydrogens is 296 g/mol. The minimum absolute atomic E-state index is 0.0495. The van der Waals surface area contributed by atoms with Crippen LogP contribution in [0.25, 0.3) is 0 Å². The van der Waals surface area contributed by atoms with Crippen LogP contribution < -0.4 is 10.6 Å². The van der Waals surface area contributed by atoms with E-state index in [1.807, 2.05) is 6.07 Å². The molecule has 2 fully saturated rings. The van der Waals surface area contributed by atoms with Crippen molar-refractivity contribution < 1.29 is 4.79 Å². The fraction of sp³-hybridized carbons (Fsp3) is 0.667. The summed E-state index contributed by atoms with van der Waals surface area (Å²) in [6.07, 6.45) is 7.53. The smallest absolute Gasteiger partial charge is 0.179 e. The van der Waals surface area contributed by atoms with Gasteiger partial charge in [-0.3, -0.25) is 4.79 Å². The number of carbonyl (C=O) groups excluding carboxylic acids is 1. The summed E-state index contributed by atoms with van der Waals surface area (Å²) in [4.78, 5) is 13.0. The van der Waals surface area contributed by atoms with E-state index in [0.717, 1.165) is 42.7 Å². The van der Waals surface area contributed by atoms with Gasteiger partial charge in [-0.2, -0.15) is 0 Å². The zero-order valence-corrected chi connectivity index (χ0v) is 15.0. The summed E-state index contributed by atoms with van der Waals surface area (Å²) in [6.45, 7) is 5.41. The quantitative estimate of drug-likeness (QED) is 0.776. The van der Waals surface area contributed by atoms with Crippen LogP contribution in [0.4, 0.5) is 5.69 Å². The van der Waals surface area contributed by atoms with Crippen LogP contribution in [-0.2, 0) is 6.42 Å². The molecule has 4 rings (SSSR count). The number of fused-ring (bicyclic) bond motifs is 3. The number of benzene rings is 1. The summed E-state index contributed by atoms with van der Waals surface area (Å²) in [5, 5.41) is 7.06. The lowest BCUT2D eigenvalue weighted by atomic mass is 9.83. The van der Waals surface area contributed by atoms with Gasteiger partial charge in [-0.05, 0) is 80.5 Å². The predicted molar refractivity (Wildman–Crippen MR) is 98.6 cm³/mol. The molecule has 1 aliphatic heterocycles. The third-order valence-electron chi connectivity index (χ3n) is 6.72. The van der Waals surface area contributed by atoms with E-state index in [0.29, 0.717) is 6.04 Å². The van der Waals surface area contributed by atoms with Gasteiger partial charge >= 0.3 is 0 Å². The zero-order chi connectivity index (χ0) is 16.7. The molecule has 1 aromatic carbocycles. The topological polar surface area (TPSA) is 41.1 Å². The zero-order valence-electron chi connectivity index (χ0n) is 15.0. The van der Waals surface area contributed by atoms with Gasteiger partial charge in [0.1, 0.15) is 0 Å². The molecule has 5 atom stereocenters. The molecule has 0 saturated heterocycles. The lowest BCUT2D eigenvalue weighted by Gasteiger charge is -2.31. The van der Waals surface area contributed by atoms with Crippen molar-refractivity contribution in [2.75, 3.05) is 11.9 Å². The number of nitrogens with one attached hydrogen (secondary N) is 2. The lowest BCUT2D eigenvalue weighted by molar-refractivity contribution is 0.0922. The third-order valence-corrected chi connectivity index (χ3v) is 6.72. The van der Waals surface area contributed by atoms with Crippen molar-refractivity contribution in [3.05, 3.63) is 29.3 Å². The van der Waals surface area contributed by atoms with Crippen LogP contribution in [0.5, 0.6) is 0 Å². The molecule has 0 spiro atoms. The fourth-order valence-electron chi connectivity index (χ4n) is 5.39. The normalized spacial score (nSPS) is 30.0. The molecule has 5 unspecified atom stereocenters. The highest BCUT2D eigenvalue weighted by molar-refractivity contribution is 6.00. The molecule has 2 N–H and O–H groups in total. The third kappa shape index (κ3) is 2.88. The molecule has 0 amide bonds. The second-order valence-corrected chi connectivity index (χ2v) is 8.17. The molecule has 130 valence electrons. The van der Waals surface area contributed by atoms with Crippen molar-refractivity contribution in [1.29, 1.82) is 0 Å². The summed E-state index contributed by atoms with van der Waals surface area (Å²) in [5.74, 6) is 2.90. The Bertz CT molecular complexity index is 626. The minimum atomic E-state index is -0.0495. The number of carbonyl (C=O) groups is 1. The Kier molecular flexibility index (Phi) is 4.38. The first-order valence-corrected chi connectivity index (χ1v) is 9.82. The van der Waals surface area contributed by atoms with Crippen LogP contribution in [0.3, 0.4) is 0 Å². The largest absolute Gasteiger partial charge is 0.384 e. The predicted octanol–water partition coefficient (Wildman–Crippen LogP) is 4.03. The van der Waals surface area contributed by atoms with E-state index >= 15 is 0 Å². The Morgan fingerprint density at radius 2 is 2.21 bits per heavy atom. The maximum absolute atomic E-state index is 13.0. The molecule has 0 aromatic heterocycles. The van der Waals surface area contributed by atoms with Crippen molar-refractivity contribution in [3.8, 4) is 0 Å². The second-order valence-electron chi connectivity index (χ2n) is 8.17. The minimum Gasteiger partial charge on any atom is -0.384 e. The number of Topliss-reactive ketones (excluding diaryl/α,β-unsaturated/α-hetero) is 1.